The van der Waals surface area contributed by atoms with Gasteiger partial charge in [-0.2, -0.15) is 0 Å². The number of H-pyrrole nitrogens is 1. The predicted octanol–water partition coefficient (Wildman–Crippen LogP) is 5.95. The van der Waals surface area contributed by atoms with E-state index >= 15 is 0 Å². The van der Waals surface area contributed by atoms with Crippen LogP contribution < -0.4 is 5.32 Å². The fourth-order valence-electron chi connectivity index (χ4n) is 4.38. The molecule has 0 spiro atoms. The number of aromatic hydroxyl groups is 1. The molecule has 1 heterocycles. The maximum atomic E-state index is 12.9. The number of phenolic OH excluding ortho intramolecular Hbond substituents is 1. The van der Waals surface area contributed by atoms with Crippen LogP contribution in [0.15, 0.2) is 72.9 Å². The van der Waals surface area contributed by atoms with Crippen LogP contribution in [0.4, 0.5) is 0 Å². The van der Waals surface area contributed by atoms with Crippen molar-refractivity contribution in [3.8, 4) is 5.75 Å². The molecule has 35 heavy (non-hydrogen) atoms. The number of unbranched alkanes of at least 4 members (excludes halogenated alkanes) is 1. The topological polar surface area (TPSA) is 68.4 Å². The highest BCUT2D eigenvalue weighted by atomic mass is 35.5. The molecule has 0 radical (unpaired) electrons. The summed E-state index contributed by atoms with van der Waals surface area (Å²) in [5, 5.41) is 14.7. The minimum Gasteiger partial charge on any atom is -0.508 e. The highest BCUT2D eigenvalue weighted by Gasteiger charge is 2.13. The second-order valence-corrected chi connectivity index (χ2v) is 9.47. The maximum absolute atomic E-state index is 12.9. The summed E-state index contributed by atoms with van der Waals surface area (Å²) in [5.41, 5.74) is 5.16. The van der Waals surface area contributed by atoms with Gasteiger partial charge in [-0.05, 0) is 85.8 Å². The van der Waals surface area contributed by atoms with Gasteiger partial charge >= 0.3 is 0 Å². The van der Waals surface area contributed by atoms with Crippen molar-refractivity contribution in [2.24, 2.45) is 0 Å². The van der Waals surface area contributed by atoms with Crippen LogP contribution in [-0.2, 0) is 19.4 Å². The molecule has 0 unspecified atom stereocenters. The molecule has 0 atom stereocenters. The van der Waals surface area contributed by atoms with E-state index in [1.807, 2.05) is 54.7 Å². The molecule has 4 rings (SSSR count). The van der Waals surface area contributed by atoms with Gasteiger partial charge in [-0.15, -0.1) is 0 Å². The Kier molecular flexibility index (Phi) is 8.45. The third-order valence-corrected chi connectivity index (χ3v) is 6.52. The molecular weight excluding hydrogens is 458 g/mol. The first-order chi connectivity index (χ1) is 17.0. The minimum absolute atomic E-state index is 0.0242. The molecule has 182 valence electrons. The Balaban J connectivity index is 1.26. The second kappa shape index (κ2) is 11.9. The molecule has 1 aromatic heterocycles. The lowest BCUT2D eigenvalue weighted by Crippen LogP contribution is -2.27. The maximum Gasteiger partial charge on any atom is 0.251 e. The van der Waals surface area contributed by atoms with Crippen LogP contribution in [0.25, 0.3) is 10.9 Å². The molecule has 0 fully saturated rings. The van der Waals surface area contributed by atoms with Gasteiger partial charge in [0, 0.05) is 47.3 Å². The van der Waals surface area contributed by atoms with Crippen molar-refractivity contribution < 1.29 is 9.90 Å². The number of likely N-dealkylation sites (N-methyl/N-ethyl adjacent to an activating group) is 1. The molecule has 0 saturated heterocycles. The number of hydrogen-bond acceptors (Lipinski definition) is 3. The number of carbonyl (C=O) groups is 1. The van der Waals surface area contributed by atoms with Crippen molar-refractivity contribution in [1.82, 2.24) is 15.2 Å². The van der Waals surface area contributed by atoms with Crippen LogP contribution in [0.5, 0.6) is 5.75 Å². The highest BCUT2D eigenvalue weighted by Crippen LogP contribution is 2.23. The summed E-state index contributed by atoms with van der Waals surface area (Å²) in [6.07, 6.45) is 5.72. The van der Waals surface area contributed by atoms with Gasteiger partial charge < -0.3 is 20.3 Å². The van der Waals surface area contributed by atoms with E-state index in [4.69, 9.17) is 11.6 Å². The van der Waals surface area contributed by atoms with Crippen LogP contribution in [0.3, 0.4) is 0 Å². The zero-order valence-electron chi connectivity index (χ0n) is 20.1. The van der Waals surface area contributed by atoms with Gasteiger partial charge in [0.2, 0.25) is 0 Å². The van der Waals surface area contributed by atoms with E-state index in [1.165, 1.54) is 11.1 Å². The molecule has 0 aliphatic rings. The van der Waals surface area contributed by atoms with Crippen molar-refractivity contribution in [2.75, 3.05) is 20.1 Å². The molecular formula is C29H32ClN3O2. The standard InChI is InChI=1S/C29H32ClN3O2/c1-33(16-14-22-19-32-28-13-12-25(34)18-27(22)28)20-23-9-2-3-11-26(23)29(35)31-15-5-4-7-21-8-6-10-24(30)17-21/h2-3,6,8-13,17-19,32,34H,4-5,7,14-16,20H2,1H3,(H,31,35). The first kappa shape index (κ1) is 24.8. The van der Waals surface area contributed by atoms with Crippen molar-refractivity contribution in [3.63, 3.8) is 0 Å². The van der Waals surface area contributed by atoms with Gasteiger partial charge in [0.05, 0.1) is 0 Å². The number of rotatable bonds is 11. The lowest BCUT2D eigenvalue weighted by atomic mass is 10.1. The molecule has 0 bridgehead atoms. The van der Waals surface area contributed by atoms with Gasteiger partial charge in [-0.1, -0.05) is 41.9 Å². The van der Waals surface area contributed by atoms with Crippen LogP contribution in [0.1, 0.15) is 39.9 Å². The van der Waals surface area contributed by atoms with E-state index < -0.39 is 0 Å². The number of hydrogen-bond donors (Lipinski definition) is 3. The first-order valence-electron chi connectivity index (χ1n) is 12.1. The normalized spacial score (nSPS) is 11.3. The Morgan fingerprint density at radius 1 is 1.00 bits per heavy atom. The van der Waals surface area contributed by atoms with Crippen molar-refractivity contribution in [3.05, 3.63) is 100 Å². The zero-order chi connectivity index (χ0) is 24.6. The second-order valence-electron chi connectivity index (χ2n) is 9.03. The van der Waals surface area contributed by atoms with Crippen molar-refractivity contribution in [1.29, 1.82) is 0 Å². The van der Waals surface area contributed by atoms with Gasteiger partial charge in [0.1, 0.15) is 5.75 Å². The van der Waals surface area contributed by atoms with Crippen molar-refractivity contribution >= 4 is 28.4 Å². The molecule has 3 N–H and O–H groups in total. The average Bonchev–Trinajstić information content (AvgIpc) is 3.25. The number of phenols is 1. The summed E-state index contributed by atoms with van der Waals surface area (Å²) < 4.78 is 0. The minimum atomic E-state index is -0.0242. The van der Waals surface area contributed by atoms with E-state index in [2.05, 4.69) is 28.3 Å². The Morgan fingerprint density at radius 3 is 2.71 bits per heavy atom. The molecule has 5 nitrogen and oxygen atoms in total. The number of nitrogens with one attached hydrogen (secondary N) is 2. The SMILES string of the molecule is CN(CCc1c[nH]c2ccc(O)cc12)Cc1ccccc1C(=O)NCCCCc1cccc(Cl)c1. The van der Waals surface area contributed by atoms with E-state index in [-0.39, 0.29) is 11.7 Å². The molecule has 0 aliphatic heterocycles. The lowest BCUT2D eigenvalue weighted by molar-refractivity contribution is 0.0951. The van der Waals surface area contributed by atoms with E-state index in [0.717, 1.165) is 59.3 Å². The number of aryl methyl sites for hydroxylation is 1. The Labute approximate surface area is 211 Å². The van der Waals surface area contributed by atoms with Crippen LogP contribution in [0, 0.1) is 0 Å². The molecule has 6 heteroatoms. The van der Waals surface area contributed by atoms with Gasteiger partial charge in [0.15, 0.2) is 0 Å². The van der Waals surface area contributed by atoms with E-state index in [1.54, 1.807) is 12.1 Å². The number of aromatic nitrogens is 1. The van der Waals surface area contributed by atoms with Crippen LogP contribution in [-0.4, -0.2) is 41.0 Å². The third-order valence-electron chi connectivity index (χ3n) is 6.28. The number of fused-ring (bicyclic) bond motifs is 1. The monoisotopic (exact) mass is 489 g/mol. The Bertz CT molecular complexity index is 1280. The van der Waals surface area contributed by atoms with Crippen LogP contribution >= 0.6 is 11.6 Å². The third kappa shape index (κ3) is 6.87. The average molecular weight is 490 g/mol. The fourth-order valence-corrected chi connectivity index (χ4v) is 4.59. The summed E-state index contributed by atoms with van der Waals surface area (Å²) in [7, 11) is 2.07. The Morgan fingerprint density at radius 2 is 1.86 bits per heavy atom. The summed E-state index contributed by atoms with van der Waals surface area (Å²) >= 11 is 6.05. The predicted molar refractivity (Wildman–Crippen MR) is 143 cm³/mol. The number of benzene rings is 3. The molecule has 1 amide bonds. The van der Waals surface area contributed by atoms with Gasteiger partial charge in [-0.25, -0.2) is 0 Å². The first-order valence-corrected chi connectivity index (χ1v) is 12.5. The van der Waals surface area contributed by atoms with E-state index in [0.29, 0.717) is 13.1 Å². The van der Waals surface area contributed by atoms with Gasteiger partial charge in [0.25, 0.3) is 5.91 Å². The smallest absolute Gasteiger partial charge is 0.251 e. The molecule has 0 aliphatic carbocycles. The largest absolute Gasteiger partial charge is 0.508 e. The fraction of sp³-hybridized carbons (Fsp3) is 0.276. The summed E-state index contributed by atoms with van der Waals surface area (Å²) in [4.78, 5) is 18.4. The lowest BCUT2D eigenvalue weighted by Gasteiger charge is -2.18. The van der Waals surface area contributed by atoms with Crippen molar-refractivity contribution in [2.45, 2.75) is 32.2 Å². The molecule has 4 aromatic rings. The molecule has 3 aromatic carbocycles. The van der Waals surface area contributed by atoms with Gasteiger partial charge in [-0.3, -0.25) is 4.79 Å². The summed E-state index contributed by atoms with van der Waals surface area (Å²) in [6, 6.07) is 21.1. The summed E-state index contributed by atoms with van der Waals surface area (Å²) in [5.74, 6) is 0.250. The number of halogens is 1. The number of nitrogens with zero attached hydrogens (tertiary/aromatic N) is 1. The number of aromatic amines is 1. The van der Waals surface area contributed by atoms with Crippen LogP contribution in [0.2, 0.25) is 5.02 Å². The number of amides is 1. The zero-order valence-corrected chi connectivity index (χ0v) is 20.8. The highest BCUT2D eigenvalue weighted by molar-refractivity contribution is 6.30. The van der Waals surface area contributed by atoms with E-state index in [9.17, 15) is 9.90 Å². The summed E-state index contributed by atoms with van der Waals surface area (Å²) in [6.45, 7) is 2.17. The number of carbonyl (C=O) groups excluding carboxylic acids is 1. The Hall–Kier alpha value is -3.28. The molecule has 0 saturated carbocycles. The quantitative estimate of drug-likeness (QED) is 0.228.